The first kappa shape index (κ1) is 32.3. The summed E-state index contributed by atoms with van der Waals surface area (Å²) in [7, 11) is -2.26. The van der Waals surface area contributed by atoms with Crippen LogP contribution in [0.15, 0.2) is 91.0 Å². The third-order valence-corrected chi connectivity index (χ3v) is 11.2. The zero-order valence-corrected chi connectivity index (χ0v) is 26.9. The van der Waals surface area contributed by atoms with Gasteiger partial charge in [-0.2, -0.15) is 0 Å². The number of ether oxygens (including phenoxy) is 1. The minimum absolute atomic E-state index is 0.120. The zero-order chi connectivity index (χ0) is 33.1. The van der Waals surface area contributed by atoms with Gasteiger partial charge in [-0.15, -0.1) is 0 Å². The van der Waals surface area contributed by atoms with Crippen LogP contribution in [0.5, 0.6) is 5.75 Å². The maximum atomic E-state index is 14.3. The molecule has 244 valence electrons. The largest absolute Gasteiger partial charge is 0.508 e. The number of phenolic OH excluding ortho intramolecular Hbond substituents is 1. The first-order chi connectivity index (χ1) is 22.6. The van der Waals surface area contributed by atoms with Crippen molar-refractivity contribution in [1.29, 1.82) is 0 Å². The molecular weight excluding hydrogens is 616 g/mol. The molecule has 2 bridgehead atoms. The summed E-state index contributed by atoms with van der Waals surface area (Å²) >= 11 is 0. The molecule has 9 nitrogen and oxygen atoms in total. The molecule has 4 aromatic carbocycles. The molecule has 3 unspecified atom stereocenters. The first-order valence-electron chi connectivity index (χ1n) is 15.9. The van der Waals surface area contributed by atoms with Crippen LogP contribution in [0.4, 0.5) is 11.4 Å². The van der Waals surface area contributed by atoms with Crippen LogP contribution in [-0.2, 0) is 24.3 Å². The minimum atomic E-state index is -3.86. The molecule has 0 spiro atoms. The number of carboxylic acids is 1. The van der Waals surface area contributed by atoms with Crippen LogP contribution in [0.25, 0.3) is 21.9 Å². The Morgan fingerprint density at radius 2 is 1.47 bits per heavy atom. The van der Waals surface area contributed by atoms with Gasteiger partial charge in [-0.1, -0.05) is 73.5 Å². The second-order valence-electron chi connectivity index (χ2n) is 12.1. The second-order valence-corrected chi connectivity index (χ2v) is 14.3. The molecule has 1 saturated heterocycles. The Kier molecular flexibility index (Phi) is 9.33. The van der Waals surface area contributed by atoms with Crippen molar-refractivity contribution in [2.45, 2.75) is 62.4 Å². The fraction of sp³-hybridized carbons (Fsp3) is 0.297. The van der Waals surface area contributed by atoms with Gasteiger partial charge < -0.3 is 20.3 Å². The number of anilines is 2. The van der Waals surface area contributed by atoms with Crippen LogP contribution >= 0.6 is 0 Å². The molecule has 0 saturated carbocycles. The highest BCUT2D eigenvalue weighted by molar-refractivity contribution is 7.93. The van der Waals surface area contributed by atoms with E-state index in [4.69, 9.17) is 9.84 Å². The van der Waals surface area contributed by atoms with Crippen LogP contribution in [-0.4, -0.2) is 55.0 Å². The lowest BCUT2D eigenvalue weighted by Gasteiger charge is -2.30. The molecule has 4 aromatic rings. The summed E-state index contributed by atoms with van der Waals surface area (Å²) in [4.78, 5) is 23.2. The van der Waals surface area contributed by atoms with E-state index in [9.17, 15) is 23.1 Å². The van der Waals surface area contributed by atoms with E-state index in [1.807, 2.05) is 66.7 Å². The van der Waals surface area contributed by atoms with Crippen molar-refractivity contribution < 1.29 is 33.0 Å². The fourth-order valence-corrected chi connectivity index (χ4v) is 8.47. The van der Waals surface area contributed by atoms with Gasteiger partial charge in [0, 0.05) is 31.0 Å². The van der Waals surface area contributed by atoms with E-state index in [0.29, 0.717) is 37.1 Å². The minimum Gasteiger partial charge on any atom is -0.508 e. The number of rotatable bonds is 13. The maximum Gasteiger partial charge on any atom is 0.303 e. The van der Waals surface area contributed by atoms with Gasteiger partial charge in [-0.25, -0.2) is 8.42 Å². The molecule has 3 atom stereocenters. The number of amides is 1. The van der Waals surface area contributed by atoms with Crippen molar-refractivity contribution in [1.82, 2.24) is 0 Å². The van der Waals surface area contributed by atoms with Crippen LogP contribution in [0.3, 0.4) is 0 Å². The van der Waals surface area contributed by atoms with E-state index in [0.717, 1.165) is 45.9 Å². The summed E-state index contributed by atoms with van der Waals surface area (Å²) in [5.74, 6) is -0.789. The van der Waals surface area contributed by atoms with Crippen molar-refractivity contribution in [3.05, 3.63) is 102 Å². The van der Waals surface area contributed by atoms with Gasteiger partial charge >= 0.3 is 5.97 Å². The smallest absolute Gasteiger partial charge is 0.303 e. The standard InChI is InChI=1S/C37H38N2O7S/c1-39(30-12-8-10-24-9-6-7-11-29(24)30)47(44,45)32-23-31-35(25-17-21-28(40)22-18-25)36(37(32)46-31)26-15-19-27(20-16-26)38-33(41)13-4-2-3-5-14-34(42)43/h6-12,15-22,31-32,37,40H,2-5,13-14,23H2,1H3,(H,38,41)(H,42,43). The number of carbonyl (C=O) groups is 2. The molecule has 0 aliphatic carbocycles. The van der Waals surface area contributed by atoms with Crippen molar-refractivity contribution in [2.24, 2.45) is 0 Å². The number of aliphatic carboxylic acids is 1. The topological polar surface area (TPSA) is 133 Å². The monoisotopic (exact) mass is 654 g/mol. The molecule has 2 aliphatic rings. The van der Waals surface area contributed by atoms with Crippen molar-refractivity contribution in [3.63, 3.8) is 0 Å². The van der Waals surface area contributed by atoms with Gasteiger partial charge in [0.05, 0.1) is 11.8 Å². The number of sulfonamides is 1. The van der Waals surface area contributed by atoms with Gasteiger partial charge in [0.15, 0.2) is 0 Å². The summed E-state index contributed by atoms with van der Waals surface area (Å²) in [6.07, 6.45) is 2.45. The number of hydrogen-bond donors (Lipinski definition) is 3. The van der Waals surface area contributed by atoms with Crippen molar-refractivity contribution in [3.8, 4) is 5.75 Å². The normalized spacial score (nSPS) is 18.9. The van der Waals surface area contributed by atoms with E-state index in [2.05, 4.69) is 5.32 Å². The van der Waals surface area contributed by atoms with Crippen LogP contribution in [0.1, 0.15) is 56.1 Å². The predicted octanol–water partition coefficient (Wildman–Crippen LogP) is 6.83. The first-order valence-corrected chi connectivity index (χ1v) is 17.4. The number of fused-ring (bicyclic) bond motifs is 3. The van der Waals surface area contributed by atoms with Gasteiger partial charge in [-0.05, 0) is 77.3 Å². The van der Waals surface area contributed by atoms with Crippen LogP contribution in [0, 0.1) is 0 Å². The Labute approximate surface area is 274 Å². The number of phenols is 1. The molecule has 47 heavy (non-hydrogen) atoms. The lowest BCUT2D eigenvalue weighted by molar-refractivity contribution is -0.137. The summed E-state index contributed by atoms with van der Waals surface area (Å²) < 4.78 is 36.4. The SMILES string of the molecule is CN(c1cccc2ccccc12)S(=O)(=O)C1CC2OC1C(c1ccc(NC(=O)CCCCCCC(=O)O)cc1)=C2c1ccc(O)cc1. The lowest BCUT2D eigenvalue weighted by Crippen LogP contribution is -2.42. The van der Waals surface area contributed by atoms with E-state index < -0.39 is 33.5 Å². The Balaban J connectivity index is 1.24. The number of unbranched alkanes of at least 4 members (excludes halogenated alkanes) is 3. The van der Waals surface area contributed by atoms with Crippen LogP contribution in [0.2, 0.25) is 0 Å². The summed E-state index contributed by atoms with van der Waals surface area (Å²) in [5.41, 5.74) is 4.56. The van der Waals surface area contributed by atoms with E-state index >= 15 is 0 Å². The molecule has 0 aromatic heterocycles. The molecule has 3 N–H and O–H groups in total. The van der Waals surface area contributed by atoms with E-state index in [1.165, 1.54) is 4.31 Å². The molecular formula is C37H38N2O7S. The predicted molar refractivity (Wildman–Crippen MR) is 184 cm³/mol. The molecule has 6 rings (SSSR count). The number of benzene rings is 4. The van der Waals surface area contributed by atoms with Gasteiger partial charge in [0.1, 0.15) is 17.1 Å². The highest BCUT2D eigenvalue weighted by Crippen LogP contribution is 2.51. The number of carbonyl (C=O) groups excluding carboxylic acids is 1. The Hall–Kier alpha value is -4.67. The maximum absolute atomic E-state index is 14.3. The third kappa shape index (κ3) is 6.75. The number of nitrogens with one attached hydrogen (secondary N) is 1. The Morgan fingerprint density at radius 1 is 0.830 bits per heavy atom. The number of carboxylic acid groups (broad SMARTS) is 1. The second kappa shape index (κ2) is 13.6. The average molecular weight is 655 g/mol. The quantitative estimate of drug-likeness (QED) is 0.135. The Bertz CT molecular complexity index is 1920. The molecule has 10 heteroatoms. The number of nitrogens with zero attached hydrogens (tertiary/aromatic N) is 1. The van der Waals surface area contributed by atoms with Crippen molar-refractivity contribution in [2.75, 3.05) is 16.7 Å². The van der Waals surface area contributed by atoms with Gasteiger partial charge in [0.25, 0.3) is 0 Å². The zero-order valence-electron chi connectivity index (χ0n) is 26.1. The third-order valence-electron chi connectivity index (χ3n) is 9.06. The van der Waals surface area contributed by atoms with E-state index in [1.54, 1.807) is 31.3 Å². The van der Waals surface area contributed by atoms with Gasteiger partial charge in [-0.3, -0.25) is 13.9 Å². The number of aromatic hydroxyl groups is 1. The number of hydrogen-bond acceptors (Lipinski definition) is 6. The average Bonchev–Trinajstić information content (AvgIpc) is 3.67. The Morgan fingerprint density at radius 3 is 2.19 bits per heavy atom. The summed E-state index contributed by atoms with van der Waals surface area (Å²) in [5, 5.41) is 22.6. The van der Waals surface area contributed by atoms with Gasteiger partial charge in [0.2, 0.25) is 15.9 Å². The molecule has 0 radical (unpaired) electrons. The summed E-state index contributed by atoms with van der Waals surface area (Å²) in [6.45, 7) is 0. The molecule has 2 heterocycles. The lowest BCUT2D eigenvalue weighted by atomic mass is 9.83. The molecule has 1 fully saturated rings. The fourth-order valence-electron chi connectivity index (χ4n) is 6.70. The molecule has 2 aliphatic heterocycles. The van der Waals surface area contributed by atoms with Crippen LogP contribution < -0.4 is 9.62 Å². The highest BCUT2D eigenvalue weighted by atomic mass is 32.2. The van der Waals surface area contributed by atoms with Crippen molar-refractivity contribution >= 4 is 55.2 Å². The highest BCUT2D eigenvalue weighted by Gasteiger charge is 2.54. The summed E-state index contributed by atoms with van der Waals surface area (Å²) in [6, 6.07) is 27.6. The molecule has 1 amide bonds. The van der Waals surface area contributed by atoms with E-state index in [-0.39, 0.29) is 18.1 Å².